The monoisotopic (exact) mass is 427 g/mol. The Hall–Kier alpha value is -2.77. The number of rotatable bonds is 5. The fourth-order valence-electron chi connectivity index (χ4n) is 3.65. The molecule has 1 fully saturated rings. The minimum Gasteiger partial charge on any atom is -0.336 e. The van der Waals surface area contributed by atoms with Gasteiger partial charge in [-0.05, 0) is 36.8 Å². The van der Waals surface area contributed by atoms with Crippen LogP contribution in [-0.4, -0.2) is 56.7 Å². The van der Waals surface area contributed by atoms with E-state index in [9.17, 15) is 9.18 Å². The Kier molecular flexibility index (Phi) is 6.11. The predicted octanol–water partition coefficient (Wildman–Crippen LogP) is 3.39. The fourth-order valence-corrected chi connectivity index (χ4v) is 3.97. The number of aromatic nitrogens is 3. The Labute approximate surface area is 179 Å². The minimum atomic E-state index is -0.292. The van der Waals surface area contributed by atoms with E-state index in [1.165, 1.54) is 12.1 Å². The molecule has 8 heteroatoms. The molecule has 4 rings (SSSR count). The van der Waals surface area contributed by atoms with Crippen molar-refractivity contribution in [2.75, 3.05) is 26.2 Å². The molecule has 0 saturated carbocycles. The van der Waals surface area contributed by atoms with Gasteiger partial charge in [0.05, 0.1) is 23.5 Å². The number of carbonyl (C=O) groups excluding carboxylic acids is 1. The lowest BCUT2D eigenvalue weighted by atomic mass is 10.2. The molecule has 2 aromatic heterocycles. The molecule has 156 valence electrons. The van der Waals surface area contributed by atoms with Crippen LogP contribution in [-0.2, 0) is 13.1 Å². The molecule has 6 nitrogen and oxygen atoms in total. The Morgan fingerprint density at radius 1 is 1.07 bits per heavy atom. The Balaban J connectivity index is 1.41. The first-order valence-electron chi connectivity index (χ1n) is 9.90. The van der Waals surface area contributed by atoms with Gasteiger partial charge in [-0.3, -0.25) is 14.7 Å². The van der Waals surface area contributed by atoms with E-state index in [0.29, 0.717) is 36.0 Å². The van der Waals surface area contributed by atoms with Crippen molar-refractivity contribution in [2.24, 2.45) is 0 Å². The molecule has 0 radical (unpaired) electrons. The van der Waals surface area contributed by atoms with Crippen molar-refractivity contribution in [3.8, 4) is 0 Å². The summed E-state index contributed by atoms with van der Waals surface area (Å²) in [5, 5.41) is 4.76. The highest BCUT2D eigenvalue weighted by Crippen LogP contribution is 2.23. The topological polar surface area (TPSA) is 54.3 Å². The van der Waals surface area contributed by atoms with Crippen molar-refractivity contribution in [3.63, 3.8) is 0 Å². The molecule has 0 bridgehead atoms. The van der Waals surface area contributed by atoms with Crippen molar-refractivity contribution in [1.82, 2.24) is 24.6 Å². The maximum atomic E-state index is 13.1. The maximum absolute atomic E-state index is 13.1. The first kappa shape index (κ1) is 20.5. The molecular weight excluding hydrogens is 405 g/mol. The number of carbonyl (C=O) groups is 1. The van der Waals surface area contributed by atoms with Crippen molar-refractivity contribution in [3.05, 3.63) is 82.1 Å². The zero-order chi connectivity index (χ0) is 21.1. The van der Waals surface area contributed by atoms with Gasteiger partial charge in [-0.1, -0.05) is 29.8 Å². The molecule has 1 aromatic carbocycles. The van der Waals surface area contributed by atoms with Gasteiger partial charge in [0.15, 0.2) is 0 Å². The summed E-state index contributed by atoms with van der Waals surface area (Å²) in [6.45, 7) is 5.77. The van der Waals surface area contributed by atoms with E-state index in [2.05, 4.69) is 15.0 Å². The van der Waals surface area contributed by atoms with E-state index >= 15 is 0 Å². The van der Waals surface area contributed by atoms with Gasteiger partial charge in [0.25, 0.3) is 5.91 Å². The minimum absolute atomic E-state index is 0.0969. The molecule has 0 N–H and O–H groups in total. The predicted molar refractivity (Wildman–Crippen MR) is 113 cm³/mol. The van der Waals surface area contributed by atoms with Crippen LogP contribution in [0.25, 0.3) is 0 Å². The second kappa shape index (κ2) is 8.93. The molecule has 1 saturated heterocycles. The molecule has 3 heterocycles. The molecule has 0 aliphatic carbocycles. The molecule has 30 heavy (non-hydrogen) atoms. The molecule has 1 aliphatic rings. The van der Waals surface area contributed by atoms with Crippen LogP contribution in [0, 0.1) is 12.7 Å². The highest BCUT2D eigenvalue weighted by Gasteiger charge is 2.28. The van der Waals surface area contributed by atoms with E-state index in [4.69, 9.17) is 11.6 Å². The summed E-state index contributed by atoms with van der Waals surface area (Å²) >= 11 is 6.52. The quantitative estimate of drug-likeness (QED) is 0.626. The SMILES string of the molecule is Cc1nn(Cc2ccc(F)cc2)c(Cl)c1C(=O)N1CCN(Cc2ccccn2)CC1. The molecular formula is C22H23ClFN5O. The summed E-state index contributed by atoms with van der Waals surface area (Å²) in [7, 11) is 0. The zero-order valence-electron chi connectivity index (χ0n) is 16.8. The second-order valence-corrected chi connectivity index (χ2v) is 7.78. The van der Waals surface area contributed by atoms with Crippen LogP contribution >= 0.6 is 11.6 Å². The second-order valence-electron chi connectivity index (χ2n) is 7.42. The number of benzene rings is 1. The van der Waals surface area contributed by atoms with E-state index in [0.717, 1.165) is 30.9 Å². The molecule has 0 unspecified atom stereocenters. The highest BCUT2D eigenvalue weighted by molar-refractivity contribution is 6.33. The van der Waals surface area contributed by atoms with Crippen LogP contribution in [0.3, 0.4) is 0 Å². The molecule has 0 atom stereocenters. The third kappa shape index (κ3) is 4.52. The number of halogens is 2. The Morgan fingerprint density at radius 2 is 1.80 bits per heavy atom. The molecule has 0 spiro atoms. The summed E-state index contributed by atoms with van der Waals surface area (Å²) in [5.74, 6) is -0.389. The van der Waals surface area contributed by atoms with Crippen LogP contribution in [0.5, 0.6) is 0 Å². The normalized spacial score (nSPS) is 14.8. The average molecular weight is 428 g/mol. The Bertz CT molecular complexity index is 1010. The van der Waals surface area contributed by atoms with Gasteiger partial charge >= 0.3 is 0 Å². The Morgan fingerprint density at radius 3 is 2.47 bits per heavy atom. The van der Waals surface area contributed by atoms with Crippen LogP contribution in [0.2, 0.25) is 5.15 Å². The number of hydrogen-bond acceptors (Lipinski definition) is 4. The van der Waals surface area contributed by atoms with Crippen LogP contribution < -0.4 is 0 Å². The first-order chi connectivity index (χ1) is 14.5. The van der Waals surface area contributed by atoms with Gasteiger partial charge in [-0.2, -0.15) is 5.10 Å². The smallest absolute Gasteiger partial charge is 0.258 e. The van der Waals surface area contributed by atoms with Gasteiger partial charge < -0.3 is 4.90 Å². The molecule has 1 amide bonds. The molecule has 3 aromatic rings. The lowest BCUT2D eigenvalue weighted by molar-refractivity contribution is 0.0626. The van der Waals surface area contributed by atoms with Gasteiger partial charge in [0.1, 0.15) is 11.0 Å². The number of nitrogens with zero attached hydrogens (tertiary/aromatic N) is 5. The van der Waals surface area contributed by atoms with E-state index in [1.807, 2.05) is 23.1 Å². The van der Waals surface area contributed by atoms with Crippen molar-refractivity contribution in [2.45, 2.75) is 20.0 Å². The largest absolute Gasteiger partial charge is 0.336 e. The standard InChI is InChI=1S/C22H23ClFN5O/c1-16-20(21(23)29(26-16)14-17-5-7-18(24)8-6-17)22(30)28-12-10-27(11-13-28)15-19-4-2-3-9-25-19/h2-9H,10-15H2,1H3. The van der Waals surface area contributed by atoms with Crippen LogP contribution in [0.4, 0.5) is 4.39 Å². The number of pyridine rings is 1. The summed E-state index contributed by atoms with van der Waals surface area (Å²) < 4.78 is 14.7. The van der Waals surface area contributed by atoms with E-state index in [1.54, 1.807) is 29.9 Å². The number of amides is 1. The lowest BCUT2D eigenvalue weighted by Gasteiger charge is -2.34. The molecule has 1 aliphatic heterocycles. The fraction of sp³-hybridized carbons (Fsp3) is 0.318. The number of hydrogen-bond donors (Lipinski definition) is 0. The summed E-state index contributed by atoms with van der Waals surface area (Å²) in [4.78, 5) is 21.6. The number of piperazine rings is 1. The van der Waals surface area contributed by atoms with Gasteiger partial charge in [0, 0.05) is 38.9 Å². The van der Waals surface area contributed by atoms with Gasteiger partial charge in [0.2, 0.25) is 0 Å². The van der Waals surface area contributed by atoms with Crippen LogP contribution in [0.1, 0.15) is 27.3 Å². The van der Waals surface area contributed by atoms with Crippen molar-refractivity contribution < 1.29 is 9.18 Å². The van der Waals surface area contributed by atoms with Crippen molar-refractivity contribution in [1.29, 1.82) is 0 Å². The highest BCUT2D eigenvalue weighted by atomic mass is 35.5. The summed E-state index contributed by atoms with van der Waals surface area (Å²) in [5.41, 5.74) is 2.93. The van der Waals surface area contributed by atoms with E-state index in [-0.39, 0.29) is 11.7 Å². The van der Waals surface area contributed by atoms with Crippen molar-refractivity contribution >= 4 is 17.5 Å². The third-order valence-corrected chi connectivity index (χ3v) is 5.68. The third-order valence-electron chi connectivity index (χ3n) is 5.30. The van der Waals surface area contributed by atoms with Gasteiger partial charge in [-0.25, -0.2) is 9.07 Å². The van der Waals surface area contributed by atoms with Crippen LogP contribution in [0.15, 0.2) is 48.7 Å². The zero-order valence-corrected chi connectivity index (χ0v) is 17.5. The van der Waals surface area contributed by atoms with E-state index < -0.39 is 0 Å². The summed E-state index contributed by atoms with van der Waals surface area (Å²) in [6, 6.07) is 12.1. The first-order valence-corrected chi connectivity index (χ1v) is 10.3. The average Bonchev–Trinajstić information content (AvgIpc) is 3.03. The maximum Gasteiger partial charge on any atom is 0.258 e. The lowest BCUT2D eigenvalue weighted by Crippen LogP contribution is -2.48. The number of aryl methyl sites for hydroxylation is 1. The van der Waals surface area contributed by atoms with Gasteiger partial charge in [-0.15, -0.1) is 0 Å². The summed E-state index contributed by atoms with van der Waals surface area (Å²) in [6.07, 6.45) is 1.80.